The molecule has 1 atom stereocenters. The van der Waals surface area contributed by atoms with Crippen LogP contribution in [-0.4, -0.2) is 6.04 Å². The molecule has 0 heterocycles. The van der Waals surface area contributed by atoms with E-state index in [1.54, 1.807) is 12.1 Å². The van der Waals surface area contributed by atoms with Gasteiger partial charge in [-0.1, -0.05) is 41.9 Å². The molecule has 21 heavy (non-hydrogen) atoms. The molecule has 3 heteroatoms. The van der Waals surface area contributed by atoms with E-state index in [0.717, 1.165) is 23.4 Å². The van der Waals surface area contributed by atoms with Crippen LogP contribution in [-0.2, 0) is 0 Å². The molecule has 1 fully saturated rings. The SMILES string of the molecule is C[C@@H](NC1CC(c2ccc(F)cc2)C1)c1ccccc1Cl. The molecule has 0 saturated heterocycles. The summed E-state index contributed by atoms with van der Waals surface area (Å²) in [6, 6.07) is 15.6. The minimum atomic E-state index is -0.167. The van der Waals surface area contributed by atoms with E-state index >= 15 is 0 Å². The van der Waals surface area contributed by atoms with Crippen LogP contribution in [0.15, 0.2) is 48.5 Å². The number of benzene rings is 2. The molecule has 1 aliphatic carbocycles. The lowest BCUT2D eigenvalue weighted by Crippen LogP contribution is -2.41. The van der Waals surface area contributed by atoms with Gasteiger partial charge in [0.25, 0.3) is 0 Å². The number of rotatable bonds is 4. The molecule has 0 aromatic heterocycles. The first kappa shape index (κ1) is 14.6. The second-order valence-electron chi connectivity index (χ2n) is 5.83. The van der Waals surface area contributed by atoms with E-state index in [1.807, 2.05) is 30.3 Å². The van der Waals surface area contributed by atoms with Crippen molar-refractivity contribution in [1.82, 2.24) is 5.32 Å². The van der Waals surface area contributed by atoms with Crippen LogP contribution in [0.4, 0.5) is 4.39 Å². The van der Waals surface area contributed by atoms with E-state index in [-0.39, 0.29) is 11.9 Å². The van der Waals surface area contributed by atoms with E-state index < -0.39 is 0 Å². The Morgan fingerprint density at radius 2 is 1.76 bits per heavy atom. The van der Waals surface area contributed by atoms with Gasteiger partial charge in [0.05, 0.1) is 0 Å². The van der Waals surface area contributed by atoms with Crippen LogP contribution in [0.1, 0.15) is 42.9 Å². The number of halogens is 2. The van der Waals surface area contributed by atoms with Crippen LogP contribution in [0.2, 0.25) is 5.02 Å². The Labute approximate surface area is 130 Å². The molecule has 0 unspecified atom stereocenters. The van der Waals surface area contributed by atoms with Gasteiger partial charge < -0.3 is 5.32 Å². The Balaban J connectivity index is 1.55. The van der Waals surface area contributed by atoms with Crippen LogP contribution in [0.5, 0.6) is 0 Å². The third kappa shape index (κ3) is 3.28. The number of hydrogen-bond donors (Lipinski definition) is 1. The summed E-state index contributed by atoms with van der Waals surface area (Å²) in [4.78, 5) is 0. The minimum absolute atomic E-state index is 0.167. The maximum atomic E-state index is 12.9. The van der Waals surface area contributed by atoms with E-state index in [1.165, 1.54) is 5.56 Å². The van der Waals surface area contributed by atoms with Gasteiger partial charge >= 0.3 is 0 Å². The summed E-state index contributed by atoms with van der Waals surface area (Å²) in [6.07, 6.45) is 2.20. The highest BCUT2D eigenvalue weighted by Gasteiger charge is 2.31. The predicted molar refractivity (Wildman–Crippen MR) is 85.2 cm³/mol. The maximum absolute atomic E-state index is 12.9. The van der Waals surface area contributed by atoms with Gasteiger partial charge in [0.2, 0.25) is 0 Å². The molecule has 110 valence electrons. The molecule has 1 saturated carbocycles. The van der Waals surface area contributed by atoms with Crippen LogP contribution in [0.25, 0.3) is 0 Å². The molecule has 3 rings (SSSR count). The van der Waals surface area contributed by atoms with E-state index in [0.29, 0.717) is 12.0 Å². The first-order valence-corrected chi connectivity index (χ1v) is 7.77. The largest absolute Gasteiger partial charge is 0.307 e. The number of nitrogens with one attached hydrogen (secondary N) is 1. The second-order valence-corrected chi connectivity index (χ2v) is 6.23. The second kappa shape index (κ2) is 6.17. The maximum Gasteiger partial charge on any atom is 0.123 e. The predicted octanol–water partition coefficient (Wildman–Crippen LogP) is 5.08. The first-order chi connectivity index (χ1) is 10.1. The summed E-state index contributed by atoms with van der Waals surface area (Å²) < 4.78 is 12.9. The van der Waals surface area contributed by atoms with Crippen molar-refractivity contribution in [3.05, 3.63) is 70.5 Å². The highest BCUT2D eigenvalue weighted by Crippen LogP contribution is 2.38. The van der Waals surface area contributed by atoms with Crippen molar-refractivity contribution in [2.75, 3.05) is 0 Å². The van der Waals surface area contributed by atoms with Crippen molar-refractivity contribution in [3.63, 3.8) is 0 Å². The van der Waals surface area contributed by atoms with E-state index in [4.69, 9.17) is 11.6 Å². The molecule has 2 aromatic carbocycles. The van der Waals surface area contributed by atoms with Crippen molar-refractivity contribution in [3.8, 4) is 0 Å². The zero-order chi connectivity index (χ0) is 14.8. The molecule has 1 aliphatic rings. The Morgan fingerprint density at radius 1 is 1.10 bits per heavy atom. The summed E-state index contributed by atoms with van der Waals surface area (Å²) in [7, 11) is 0. The fourth-order valence-electron chi connectivity index (χ4n) is 3.03. The Hall–Kier alpha value is -1.38. The van der Waals surface area contributed by atoms with Crippen molar-refractivity contribution in [2.24, 2.45) is 0 Å². The normalized spacial score (nSPS) is 22.6. The molecule has 0 bridgehead atoms. The highest BCUT2D eigenvalue weighted by atomic mass is 35.5. The summed E-state index contributed by atoms with van der Waals surface area (Å²) in [6.45, 7) is 2.15. The van der Waals surface area contributed by atoms with Gasteiger partial charge in [-0.05, 0) is 55.0 Å². The molecule has 0 aliphatic heterocycles. The van der Waals surface area contributed by atoms with Gasteiger partial charge in [-0.15, -0.1) is 0 Å². The summed E-state index contributed by atoms with van der Waals surface area (Å²) in [5, 5.41) is 4.44. The van der Waals surface area contributed by atoms with Crippen molar-refractivity contribution in [1.29, 1.82) is 0 Å². The van der Waals surface area contributed by atoms with Gasteiger partial charge in [0, 0.05) is 17.1 Å². The van der Waals surface area contributed by atoms with Gasteiger partial charge in [-0.25, -0.2) is 4.39 Å². The zero-order valence-corrected chi connectivity index (χ0v) is 12.8. The van der Waals surface area contributed by atoms with Gasteiger partial charge in [-0.2, -0.15) is 0 Å². The van der Waals surface area contributed by atoms with Gasteiger partial charge in [0.1, 0.15) is 5.82 Å². The summed E-state index contributed by atoms with van der Waals surface area (Å²) in [5.74, 6) is 0.377. The first-order valence-electron chi connectivity index (χ1n) is 7.39. The van der Waals surface area contributed by atoms with Crippen LogP contribution in [0, 0.1) is 5.82 Å². The third-order valence-electron chi connectivity index (χ3n) is 4.34. The summed E-state index contributed by atoms with van der Waals surface area (Å²) in [5.41, 5.74) is 2.38. The molecule has 0 amide bonds. The highest BCUT2D eigenvalue weighted by molar-refractivity contribution is 6.31. The monoisotopic (exact) mass is 303 g/mol. The van der Waals surface area contributed by atoms with Crippen molar-refractivity contribution in [2.45, 2.75) is 37.8 Å². The van der Waals surface area contributed by atoms with E-state index in [9.17, 15) is 4.39 Å². The number of hydrogen-bond acceptors (Lipinski definition) is 1. The van der Waals surface area contributed by atoms with Crippen molar-refractivity contribution >= 4 is 11.6 Å². The Kier molecular flexibility index (Phi) is 4.27. The fourth-order valence-corrected chi connectivity index (χ4v) is 3.33. The molecular weight excluding hydrogens is 285 g/mol. The smallest absolute Gasteiger partial charge is 0.123 e. The average Bonchev–Trinajstić information content (AvgIpc) is 2.44. The lowest BCUT2D eigenvalue weighted by Gasteiger charge is -2.38. The standard InChI is InChI=1S/C18H19ClFN/c1-12(17-4-2-3-5-18(17)19)21-16-10-14(11-16)13-6-8-15(20)9-7-13/h2-9,12,14,16,21H,10-11H2,1H3/t12-,14?,16?/m1/s1. The lowest BCUT2D eigenvalue weighted by molar-refractivity contribution is 0.271. The molecule has 0 spiro atoms. The van der Waals surface area contributed by atoms with Crippen LogP contribution < -0.4 is 5.32 Å². The minimum Gasteiger partial charge on any atom is -0.307 e. The average molecular weight is 304 g/mol. The van der Waals surface area contributed by atoms with Crippen LogP contribution >= 0.6 is 11.6 Å². The molecule has 1 N–H and O–H groups in total. The van der Waals surface area contributed by atoms with Gasteiger partial charge in [0.15, 0.2) is 0 Å². The Bertz CT molecular complexity index is 605. The topological polar surface area (TPSA) is 12.0 Å². The molecule has 1 nitrogen and oxygen atoms in total. The molecule has 2 aromatic rings. The quantitative estimate of drug-likeness (QED) is 0.831. The Morgan fingerprint density at radius 3 is 2.43 bits per heavy atom. The lowest BCUT2D eigenvalue weighted by atomic mass is 9.75. The summed E-state index contributed by atoms with van der Waals surface area (Å²) >= 11 is 6.23. The fraction of sp³-hybridized carbons (Fsp3) is 0.333. The zero-order valence-electron chi connectivity index (χ0n) is 12.0. The third-order valence-corrected chi connectivity index (χ3v) is 4.68. The molecule has 0 radical (unpaired) electrons. The van der Waals surface area contributed by atoms with Crippen LogP contribution in [0.3, 0.4) is 0 Å². The van der Waals surface area contributed by atoms with E-state index in [2.05, 4.69) is 18.3 Å². The molecular formula is C18H19ClFN. The van der Waals surface area contributed by atoms with Crippen molar-refractivity contribution < 1.29 is 4.39 Å². The van der Waals surface area contributed by atoms with Gasteiger partial charge in [-0.3, -0.25) is 0 Å².